The van der Waals surface area contributed by atoms with Crippen molar-refractivity contribution in [3.63, 3.8) is 0 Å². The second kappa shape index (κ2) is 10.1. The molecule has 8 nitrogen and oxygen atoms in total. The highest BCUT2D eigenvalue weighted by atomic mass is 16.5. The maximum atomic E-state index is 12.8. The highest BCUT2D eigenvalue weighted by molar-refractivity contribution is 5.79. The van der Waals surface area contributed by atoms with E-state index in [9.17, 15) is 4.79 Å². The Morgan fingerprint density at radius 3 is 2.80 bits per heavy atom. The zero-order valence-corrected chi connectivity index (χ0v) is 18.4. The molecule has 0 saturated carbocycles. The summed E-state index contributed by atoms with van der Waals surface area (Å²) in [6.07, 6.45) is 4.38. The van der Waals surface area contributed by atoms with Gasteiger partial charge in [0, 0.05) is 45.9 Å². The molecule has 0 aromatic carbocycles. The molecule has 168 valence electrons. The van der Waals surface area contributed by atoms with Crippen LogP contribution in [0.25, 0.3) is 0 Å². The Labute approximate surface area is 179 Å². The smallest absolute Gasteiger partial charge is 0.297 e. The first kappa shape index (κ1) is 21.6. The lowest BCUT2D eigenvalue weighted by atomic mass is 9.87. The van der Waals surface area contributed by atoms with Gasteiger partial charge in [-0.1, -0.05) is 13.3 Å². The second-order valence-corrected chi connectivity index (χ2v) is 8.88. The van der Waals surface area contributed by atoms with Crippen molar-refractivity contribution >= 4 is 11.9 Å². The van der Waals surface area contributed by atoms with E-state index in [1.807, 2.05) is 6.92 Å². The third-order valence-electron chi connectivity index (χ3n) is 6.63. The van der Waals surface area contributed by atoms with Crippen LogP contribution < -0.4 is 10.2 Å². The molecule has 4 heterocycles. The third-order valence-corrected chi connectivity index (χ3v) is 6.63. The Kier molecular flexibility index (Phi) is 7.28. The standard InChI is InChI=1S/C22H36N4O4/c1-3-17-11-18(21(27)23-12-19-5-4-8-29-19)14-25(13-17)15-20-16(2)30-22(24-20)26-6-9-28-10-7-26/h17-19H,3-15H2,1-2H3,(H,23,27)/t17-,18+,19-/m0/s1. The summed E-state index contributed by atoms with van der Waals surface area (Å²) in [4.78, 5) is 22.1. The number of aryl methyl sites for hydroxylation is 1. The summed E-state index contributed by atoms with van der Waals surface area (Å²) in [5, 5.41) is 3.14. The summed E-state index contributed by atoms with van der Waals surface area (Å²) >= 11 is 0. The van der Waals surface area contributed by atoms with Crippen LogP contribution in [0, 0.1) is 18.8 Å². The number of morpholine rings is 1. The summed E-state index contributed by atoms with van der Waals surface area (Å²) in [5.41, 5.74) is 0.978. The molecule has 0 radical (unpaired) electrons. The summed E-state index contributed by atoms with van der Waals surface area (Å²) in [6.45, 7) is 11.2. The fourth-order valence-corrected chi connectivity index (χ4v) is 4.74. The number of ether oxygens (including phenoxy) is 2. The van der Waals surface area contributed by atoms with E-state index >= 15 is 0 Å². The summed E-state index contributed by atoms with van der Waals surface area (Å²) in [6, 6.07) is 0.695. The predicted octanol–water partition coefficient (Wildman–Crippen LogP) is 1.96. The van der Waals surface area contributed by atoms with Gasteiger partial charge in [0.1, 0.15) is 5.76 Å². The van der Waals surface area contributed by atoms with Gasteiger partial charge in [0.25, 0.3) is 6.01 Å². The molecule has 0 bridgehead atoms. The molecule has 3 aliphatic rings. The molecule has 3 saturated heterocycles. The normalized spacial score (nSPS) is 28.1. The molecule has 8 heteroatoms. The Morgan fingerprint density at radius 1 is 1.23 bits per heavy atom. The maximum absolute atomic E-state index is 12.8. The number of carbonyl (C=O) groups excluding carboxylic acids is 1. The molecule has 1 aromatic heterocycles. The summed E-state index contributed by atoms with van der Waals surface area (Å²) in [5.74, 6) is 1.59. The van der Waals surface area contributed by atoms with Crippen LogP contribution in [0.5, 0.6) is 0 Å². The molecule has 1 aromatic rings. The van der Waals surface area contributed by atoms with Crippen LogP contribution in [0.4, 0.5) is 6.01 Å². The predicted molar refractivity (Wildman–Crippen MR) is 113 cm³/mol. The average Bonchev–Trinajstić information content (AvgIpc) is 3.42. The number of hydrogen-bond donors (Lipinski definition) is 1. The first-order chi connectivity index (χ1) is 14.6. The molecule has 0 aliphatic carbocycles. The zero-order chi connectivity index (χ0) is 20.9. The van der Waals surface area contributed by atoms with E-state index < -0.39 is 0 Å². The lowest BCUT2D eigenvalue weighted by Crippen LogP contribution is -2.47. The van der Waals surface area contributed by atoms with Crippen molar-refractivity contribution in [3.8, 4) is 0 Å². The molecule has 4 rings (SSSR count). The molecule has 30 heavy (non-hydrogen) atoms. The topological polar surface area (TPSA) is 80.1 Å². The quantitative estimate of drug-likeness (QED) is 0.722. The number of oxazole rings is 1. The van der Waals surface area contributed by atoms with Gasteiger partial charge in [-0.05, 0) is 32.1 Å². The number of piperidine rings is 1. The highest BCUT2D eigenvalue weighted by Gasteiger charge is 2.32. The number of anilines is 1. The van der Waals surface area contributed by atoms with Crippen LogP contribution >= 0.6 is 0 Å². The van der Waals surface area contributed by atoms with Crippen molar-refractivity contribution < 1.29 is 18.7 Å². The SMILES string of the molecule is CC[C@H]1C[C@@H](C(=O)NC[C@@H]2CCCO2)CN(Cc2nc(N3CCOCC3)oc2C)C1. The Bertz CT molecular complexity index is 697. The monoisotopic (exact) mass is 420 g/mol. The number of hydrogen-bond acceptors (Lipinski definition) is 7. The van der Waals surface area contributed by atoms with Gasteiger partial charge in [-0.3, -0.25) is 9.69 Å². The number of nitrogens with zero attached hydrogens (tertiary/aromatic N) is 3. The molecule has 3 fully saturated rings. The number of likely N-dealkylation sites (tertiary alicyclic amines) is 1. The van der Waals surface area contributed by atoms with E-state index in [1.54, 1.807) is 0 Å². The fourth-order valence-electron chi connectivity index (χ4n) is 4.74. The number of amides is 1. The van der Waals surface area contributed by atoms with Crippen LogP contribution in [0.15, 0.2) is 4.42 Å². The van der Waals surface area contributed by atoms with Crippen LogP contribution in [0.1, 0.15) is 44.1 Å². The lowest BCUT2D eigenvalue weighted by Gasteiger charge is -2.36. The molecule has 3 atom stereocenters. The first-order valence-electron chi connectivity index (χ1n) is 11.5. The minimum absolute atomic E-state index is 0.0241. The summed E-state index contributed by atoms with van der Waals surface area (Å²) in [7, 11) is 0. The van der Waals surface area contributed by atoms with Gasteiger partial charge < -0.3 is 24.1 Å². The average molecular weight is 421 g/mol. The minimum Gasteiger partial charge on any atom is -0.429 e. The van der Waals surface area contributed by atoms with Gasteiger partial charge in [0.15, 0.2) is 0 Å². The third kappa shape index (κ3) is 5.34. The van der Waals surface area contributed by atoms with Crippen LogP contribution in [0.2, 0.25) is 0 Å². The van der Waals surface area contributed by atoms with E-state index in [4.69, 9.17) is 18.9 Å². The molecule has 3 aliphatic heterocycles. The maximum Gasteiger partial charge on any atom is 0.297 e. The minimum atomic E-state index is 0.0241. The van der Waals surface area contributed by atoms with Crippen LogP contribution in [-0.4, -0.2) is 74.4 Å². The molecule has 1 amide bonds. The lowest BCUT2D eigenvalue weighted by molar-refractivity contribution is -0.128. The highest BCUT2D eigenvalue weighted by Crippen LogP contribution is 2.27. The van der Waals surface area contributed by atoms with E-state index in [1.165, 1.54) is 0 Å². The van der Waals surface area contributed by atoms with Crippen molar-refractivity contribution in [1.29, 1.82) is 0 Å². The number of rotatable bonds is 7. The van der Waals surface area contributed by atoms with Gasteiger partial charge in [-0.25, -0.2) is 0 Å². The first-order valence-corrected chi connectivity index (χ1v) is 11.5. The van der Waals surface area contributed by atoms with Crippen molar-refractivity contribution in [3.05, 3.63) is 11.5 Å². The van der Waals surface area contributed by atoms with Gasteiger partial charge in [-0.2, -0.15) is 4.98 Å². The number of nitrogens with one attached hydrogen (secondary N) is 1. The number of aromatic nitrogens is 1. The Morgan fingerprint density at radius 2 is 2.07 bits per heavy atom. The van der Waals surface area contributed by atoms with E-state index in [0.717, 1.165) is 76.5 Å². The van der Waals surface area contributed by atoms with E-state index in [2.05, 4.69) is 22.0 Å². The van der Waals surface area contributed by atoms with Crippen molar-refractivity contribution in [2.45, 2.75) is 52.2 Å². The van der Waals surface area contributed by atoms with Crippen LogP contribution in [0.3, 0.4) is 0 Å². The van der Waals surface area contributed by atoms with Gasteiger partial charge in [0.05, 0.1) is 30.9 Å². The Balaban J connectivity index is 1.35. The van der Waals surface area contributed by atoms with E-state index in [0.29, 0.717) is 31.7 Å². The zero-order valence-electron chi connectivity index (χ0n) is 18.4. The van der Waals surface area contributed by atoms with E-state index in [-0.39, 0.29) is 17.9 Å². The second-order valence-electron chi connectivity index (χ2n) is 8.88. The van der Waals surface area contributed by atoms with Crippen LogP contribution in [-0.2, 0) is 20.8 Å². The van der Waals surface area contributed by atoms with Gasteiger partial charge in [0.2, 0.25) is 5.91 Å². The molecule has 1 N–H and O–H groups in total. The van der Waals surface area contributed by atoms with Crippen molar-refractivity contribution in [2.75, 3.05) is 57.4 Å². The molecule has 0 unspecified atom stereocenters. The largest absolute Gasteiger partial charge is 0.429 e. The summed E-state index contributed by atoms with van der Waals surface area (Å²) < 4.78 is 17.0. The fraction of sp³-hybridized carbons (Fsp3) is 0.818. The van der Waals surface area contributed by atoms with Crippen molar-refractivity contribution in [1.82, 2.24) is 15.2 Å². The number of carbonyl (C=O) groups is 1. The molecule has 0 spiro atoms. The van der Waals surface area contributed by atoms with Crippen molar-refractivity contribution in [2.24, 2.45) is 11.8 Å². The Hall–Kier alpha value is -1.64. The van der Waals surface area contributed by atoms with Gasteiger partial charge >= 0.3 is 0 Å². The molecular weight excluding hydrogens is 384 g/mol. The molecular formula is C22H36N4O4. The van der Waals surface area contributed by atoms with Gasteiger partial charge in [-0.15, -0.1) is 0 Å².